The van der Waals surface area contributed by atoms with Crippen LogP contribution < -0.4 is 5.73 Å². The van der Waals surface area contributed by atoms with Crippen molar-refractivity contribution in [2.45, 2.75) is 32.2 Å². The summed E-state index contributed by atoms with van der Waals surface area (Å²) in [7, 11) is 0. The van der Waals surface area contributed by atoms with Crippen LogP contribution in [-0.2, 0) is 0 Å². The van der Waals surface area contributed by atoms with E-state index in [9.17, 15) is 4.79 Å². The van der Waals surface area contributed by atoms with E-state index in [0.29, 0.717) is 11.5 Å². The van der Waals surface area contributed by atoms with E-state index < -0.39 is 5.54 Å². The lowest BCUT2D eigenvalue weighted by atomic mass is 9.87. The van der Waals surface area contributed by atoms with Crippen LogP contribution in [0.5, 0.6) is 0 Å². The quantitative estimate of drug-likeness (QED) is 0.857. The first-order valence-electron chi connectivity index (χ1n) is 6.69. The van der Waals surface area contributed by atoms with Crippen LogP contribution in [0.2, 0.25) is 0 Å². The molecule has 0 bridgehead atoms. The monoisotopic (exact) mass is 254 g/mol. The summed E-state index contributed by atoms with van der Waals surface area (Å²) < 4.78 is 0. The number of carbonyl (C=O) groups is 1. The van der Waals surface area contributed by atoms with Crippen molar-refractivity contribution in [3.05, 3.63) is 41.6 Å². The molecule has 3 heteroatoms. The van der Waals surface area contributed by atoms with E-state index in [1.165, 1.54) is 0 Å². The lowest BCUT2D eigenvalue weighted by Gasteiger charge is -2.22. The summed E-state index contributed by atoms with van der Waals surface area (Å²) in [5.74, 6) is 0.379. The summed E-state index contributed by atoms with van der Waals surface area (Å²) in [5.41, 5.74) is 8.06. The standard InChI is InChI=1S/C16H18N2O/c1-10-3-4-11-9-12(5-8-14(11)18-10)15(19)16(2,17)13-6-7-13/h3-5,8-9,13H,6-7,17H2,1-2H3. The fourth-order valence-electron chi connectivity index (χ4n) is 2.55. The zero-order valence-corrected chi connectivity index (χ0v) is 11.3. The van der Waals surface area contributed by atoms with Gasteiger partial charge in [0, 0.05) is 16.6 Å². The number of ketones is 1. The number of benzene rings is 1. The smallest absolute Gasteiger partial charge is 0.182 e. The molecule has 0 spiro atoms. The van der Waals surface area contributed by atoms with Gasteiger partial charge in [-0.1, -0.05) is 6.07 Å². The first kappa shape index (κ1) is 12.3. The molecule has 1 aromatic carbocycles. The molecule has 2 N–H and O–H groups in total. The fraction of sp³-hybridized carbons (Fsp3) is 0.375. The van der Waals surface area contributed by atoms with E-state index in [1.807, 2.05) is 44.2 Å². The largest absolute Gasteiger partial charge is 0.319 e. The summed E-state index contributed by atoms with van der Waals surface area (Å²) in [6, 6.07) is 9.60. The summed E-state index contributed by atoms with van der Waals surface area (Å²) in [6.45, 7) is 3.81. The average molecular weight is 254 g/mol. The van der Waals surface area contributed by atoms with E-state index in [1.54, 1.807) is 0 Å². The van der Waals surface area contributed by atoms with E-state index in [4.69, 9.17) is 5.73 Å². The Morgan fingerprint density at radius 1 is 1.32 bits per heavy atom. The number of hydrogen-bond acceptors (Lipinski definition) is 3. The van der Waals surface area contributed by atoms with Crippen molar-refractivity contribution in [1.29, 1.82) is 0 Å². The first-order chi connectivity index (χ1) is 8.98. The highest BCUT2D eigenvalue weighted by atomic mass is 16.1. The molecule has 0 aliphatic heterocycles. The lowest BCUT2D eigenvalue weighted by Crippen LogP contribution is -2.47. The molecule has 1 heterocycles. The van der Waals surface area contributed by atoms with Crippen LogP contribution in [0.3, 0.4) is 0 Å². The average Bonchev–Trinajstić information content (AvgIpc) is 3.21. The molecule has 3 rings (SSSR count). The van der Waals surface area contributed by atoms with Gasteiger partial charge in [-0.05, 0) is 56.9 Å². The Labute approximate surface area is 112 Å². The maximum Gasteiger partial charge on any atom is 0.182 e. The third kappa shape index (κ3) is 2.15. The summed E-state index contributed by atoms with van der Waals surface area (Å²) in [5, 5.41) is 0.989. The molecule has 1 saturated carbocycles. The van der Waals surface area contributed by atoms with Gasteiger partial charge in [-0.25, -0.2) is 0 Å². The number of aromatic nitrogens is 1. The van der Waals surface area contributed by atoms with Crippen LogP contribution in [0, 0.1) is 12.8 Å². The molecule has 1 fully saturated rings. The number of hydrogen-bond donors (Lipinski definition) is 1. The van der Waals surface area contributed by atoms with Crippen molar-refractivity contribution in [3.63, 3.8) is 0 Å². The van der Waals surface area contributed by atoms with Crippen LogP contribution in [0.1, 0.15) is 35.8 Å². The number of fused-ring (bicyclic) bond motifs is 1. The molecular weight excluding hydrogens is 236 g/mol. The van der Waals surface area contributed by atoms with Crippen molar-refractivity contribution >= 4 is 16.7 Å². The number of Topliss-reactive ketones (excluding diaryl/α,β-unsaturated/α-hetero) is 1. The summed E-state index contributed by atoms with van der Waals surface area (Å²) in [6.07, 6.45) is 2.13. The number of nitrogens with two attached hydrogens (primary N) is 1. The second-order valence-corrected chi connectivity index (χ2v) is 5.75. The maximum absolute atomic E-state index is 12.5. The predicted molar refractivity (Wildman–Crippen MR) is 76.1 cm³/mol. The third-order valence-corrected chi connectivity index (χ3v) is 4.01. The Bertz CT molecular complexity index is 657. The molecule has 19 heavy (non-hydrogen) atoms. The second-order valence-electron chi connectivity index (χ2n) is 5.75. The van der Waals surface area contributed by atoms with Gasteiger partial charge < -0.3 is 5.73 Å². The zero-order chi connectivity index (χ0) is 13.6. The SMILES string of the molecule is Cc1ccc2cc(C(=O)C(C)(N)C3CC3)ccc2n1. The summed E-state index contributed by atoms with van der Waals surface area (Å²) >= 11 is 0. The van der Waals surface area contributed by atoms with Gasteiger partial charge in [-0.15, -0.1) is 0 Å². The van der Waals surface area contributed by atoms with Crippen LogP contribution in [0.15, 0.2) is 30.3 Å². The van der Waals surface area contributed by atoms with Crippen LogP contribution >= 0.6 is 0 Å². The molecule has 98 valence electrons. The van der Waals surface area contributed by atoms with Crippen molar-refractivity contribution < 1.29 is 4.79 Å². The van der Waals surface area contributed by atoms with Crippen molar-refractivity contribution in [3.8, 4) is 0 Å². The van der Waals surface area contributed by atoms with Gasteiger partial charge in [0.2, 0.25) is 0 Å². The predicted octanol–water partition coefficient (Wildman–Crippen LogP) is 2.85. The Morgan fingerprint density at radius 2 is 2.05 bits per heavy atom. The fourth-order valence-corrected chi connectivity index (χ4v) is 2.55. The van der Waals surface area contributed by atoms with Gasteiger partial charge in [0.25, 0.3) is 0 Å². The molecule has 1 aromatic heterocycles. The third-order valence-electron chi connectivity index (χ3n) is 4.01. The topological polar surface area (TPSA) is 56.0 Å². The van der Waals surface area contributed by atoms with E-state index in [2.05, 4.69) is 4.98 Å². The van der Waals surface area contributed by atoms with E-state index >= 15 is 0 Å². The lowest BCUT2D eigenvalue weighted by molar-refractivity contribution is 0.0883. The van der Waals surface area contributed by atoms with E-state index in [0.717, 1.165) is 29.4 Å². The number of rotatable bonds is 3. The Hall–Kier alpha value is -1.74. The molecule has 1 atom stereocenters. The minimum atomic E-state index is -0.730. The molecule has 3 nitrogen and oxygen atoms in total. The minimum Gasteiger partial charge on any atom is -0.319 e. The van der Waals surface area contributed by atoms with Gasteiger partial charge in [0.1, 0.15) is 0 Å². The number of carbonyl (C=O) groups excluding carboxylic acids is 1. The number of aryl methyl sites for hydroxylation is 1. The summed E-state index contributed by atoms with van der Waals surface area (Å²) in [4.78, 5) is 17.0. The maximum atomic E-state index is 12.5. The van der Waals surface area contributed by atoms with Gasteiger partial charge in [-0.2, -0.15) is 0 Å². The van der Waals surface area contributed by atoms with Gasteiger partial charge in [-0.3, -0.25) is 9.78 Å². The Balaban J connectivity index is 2.01. The van der Waals surface area contributed by atoms with Crippen LogP contribution in [-0.4, -0.2) is 16.3 Å². The van der Waals surface area contributed by atoms with Gasteiger partial charge >= 0.3 is 0 Å². The highest BCUT2D eigenvalue weighted by Gasteiger charge is 2.44. The minimum absolute atomic E-state index is 0.0393. The van der Waals surface area contributed by atoms with E-state index in [-0.39, 0.29) is 5.78 Å². The Morgan fingerprint density at radius 3 is 2.74 bits per heavy atom. The first-order valence-corrected chi connectivity index (χ1v) is 6.69. The van der Waals surface area contributed by atoms with Gasteiger partial charge in [0.05, 0.1) is 11.1 Å². The normalized spacial score (nSPS) is 18.3. The zero-order valence-electron chi connectivity index (χ0n) is 11.3. The van der Waals surface area contributed by atoms with Crippen LogP contribution in [0.4, 0.5) is 0 Å². The van der Waals surface area contributed by atoms with Gasteiger partial charge in [0.15, 0.2) is 5.78 Å². The highest BCUT2D eigenvalue weighted by Crippen LogP contribution is 2.39. The number of pyridine rings is 1. The van der Waals surface area contributed by atoms with Crippen molar-refractivity contribution in [2.24, 2.45) is 11.7 Å². The Kier molecular flexibility index (Phi) is 2.68. The van der Waals surface area contributed by atoms with Crippen LogP contribution in [0.25, 0.3) is 10.9 Å². The second kappa shape index (κ2) is 4.14. The van der Waals surface area contributed by atoms with Crippen molar-refractivity contribution in [2.75, 3.05) is 0 Å². The molecule has 1 aliphatic rings. The van der Waals surface area contributed by atoms with Crippen molar-refractivity contribution in [1.82, 2.24) is 4.98 Å². The molecule has 0 radical (unpaired) electrons. The molecular formula is C16H18N2O. The molecule has 0 saturated heterocycles. The highest BCUT2D eigenvalue weighted by molar-refractivity contribution is 6.05. The molecule has 0 amide bonds. The molecule has 1 unspecified atom stereocenters. The number of nitrogens with zero attached hydrogens (tertiary/aromatic N) is 1. The molecule has 2 aromatic rings. The molecule has 1 aliphatic carbocycles.